The van der Waals surface area contributed by atoms with Crippen LogP contribution in [-0.2, 0) is 18.9 Å². The molecule has 2 aromatic rings. The SMILES string of the molecule is C=CCO[C@@H]1[C@@H](O)[C@H](Oc2ccc(I)cc2)O[C@@H]2CO[C@@H](c3ccccc3)O[C@@H]12. The Labute approximate surface area is 183 Å². The maximum Gasteiger partial charge on any atom is 0.229 e. The van der Waals surface area contributed by atoms with E-state index in [2.05, 4.69) is 29.2 Å². The molecule has 1 N–H and O–H groups in total. The van der Waals surface area contributed by atoms with Crippen molar-refractivity contribution in [2.75, 3.05) is 13.2 Å². The quantitative estimate of drug-likeness (QED) is 0.475. The Kier molecular flexibility index (Phi) is 6.84. The van der Waals surface area contributed by atoms with E-state index in [-0.39, 0.29) is 6.61 Å². The third-order valence-electron chi connectivity index (χ3n) is 4.85. The first kappa shape index (κ1) is 20.8. The number of benzene rings is 2. The van der Waals surface area contributed by atoms with Gasteiger partial charge in [-0.2, -0.15) is 0 Å². The van der Waals surface area contributed by atoms with Gasteiger partial charge in [-0.05, 0) is 46.9 Å². The largest absolute Gasteiger partial charge is 0.462 e. The summed E-state index contributed by atoms with van der Waals surface area (Å²) in [6, 6.07) is 17.2. The summed E-state index contributed by atoms with van der Waals surface area (Å²) in [5, 5.41) is 10.9. The minimum absolute atomic E-state index is 0.279. The van der Waals surface area contributed by atoms with E-state index < -0.39 is 37.0 Å². The molecule has 4 rings (SSSR count). The Morgan fingerprint density at radius 1 is 1.10 bits per heavy atom. The predicted octanol–water partition coefficient (Wildman–Crippen LogP) is 3.44. The van der Waals surface area contributed by atoms with Crippen LogP contribution in [0.3, 0.4) is 0 Å². The minimum Gasteiger partial charge on any atom is -0.462 e. The van der Waals surface area contributed by atoms with E-state index in [4.69, 9.17) is 23.7 Å². The summed E-state index contributed by atoms with van der Waals surface area (Å²) in [7, 11) is 0. The van der Waals surface area contributed by atoms with Gasteiger partial charge in [0.2, 0.25) is 6.29 Å². The van der Waals surface area contributed by atoms with Gasteiger partial charge >= 0.3 is 0 Å². The normalized spacial score (nSPS) is 31.7. The number of hydrogen-bond acceptors (Lipinski definition) is 6. The highest BCUT2D eigenvalue weighted by Crippen LogP contribution is 2.36. The van der Waals surface area contributed by atoms with Gasteiger partial charge in [0, 0.05) is 9.13 Å². The first-order valence-electron chi connectivity index (χ1n) is 9.46. The van der Waals surface area contributed by atoms with Crippen molar-refractivity contribution >= 4 is 22.6 Å². The molecule has 0 aliphatic carbocycles. The summed E-state index contributed by atoms with van der Waals surface area (Å²) in [5.74, 6) is 0.607. The van der Waals surface area contributed by atoms with Gasteiger partial charge in [0.05, 0.1) is 13.2 Å². The Hall–Kier alpha value is -1.49. The molecule has 2 saturated heterocycles. The summed E-state index contributed by atoms with van der Waals surface area (Å²) in [6.45, 7) is 4.28. The monoisotopic (exact) mass is 510 g/mol. The third kappa shape index (κ3) is 4.82. The first-order valence-corrected chi connectivity index (χ1v) is 10.5. The first-order chi connectivity index (χ1) is 14.2. The second-order valence-electron chi connectivity index (χ2n) is 6.87. The van der Waals surface area contributed by atoms with E-state index in [0.29, 0.717) is 12.4 Å². The summed E-state index contributed by atoms with van der Waals surface area (Å²) >= 11 is 2.22. The molecule has 2 fully saturated rings. The molecular weight excluding hydrogens is 487 g/mol. The Morgan fingerprint density at radius 2 is 1.86 bits per heavy atom. The number of fused-ring (bicyclic) bond motifs is 1. The van der Waals surface area contributed by atoms with Crippen molar-refractivity contribution in [3.8, 4) is 5.75 Å². The van der Waals surface area contributed by atoms with Gasteiger partial charge in [-0.3, -0.25) is 0 Å². The molecule has 7 heteroatoms. The fourth-order valence-corrected chi connectivity index (χ4v) is 3.82. The van der Waals surface area contributed by atoms with E-state index in [1.807, 2.05) is 54.6 Å². The molecule has 6 nitrogen and oxygen atoms in total. The average Bonchev–Trinajstić information content (AvgIpc) is 2.76. The Bertz CT molecular complexity index is 799. The molecule has 2 aliphatic rings. The number of halogens is 1. The lowest BCUT2D eigenvalue weighted by Crippen LogP contribution is -2.63. The van der Waals surface area contributed by atoms with Crippen molar-refractivity contribution in [2.24, 2.45) is 0 Å². The van der Waals surface area contributed by atoms with Crippen LogP contribution in [0.4, 0.5) is 0 Å². The molecule has 29 heavy (non-hydrogen) atoms. The van der Waals surface area contributed by atoms with Crippen molar-refractivity contribution in [1.82, 2.24) is 0 Å². The highest BCUT2D eigenvalue weighted by Gasteiger charge is 2.51. The topological polar surface area (TPSA) is 66.4 Å². The fraction of sp³-hybridized carbons (Fsp3) is 0.364. The highest BCUT2D eigenvalue weighted by molar-refractivity contribution is 14.1. The maximum absolute atomic E-state index is 10.9. The van der Waals surface area contributed by atoms with E-state index in [9.17, 15) is 5.11 Å². The van der Waals surface area contributed by atoms with Crippen molar-refractivity contribution in [3.63, 3.8) is 0 Å². The van der Waals surface area contributed by atoms with Crippen molar-refractivity contribution in [2.45, 2.75) is 37.0 Å². The molecule has 154 valence electrons. The summed E-state index contributed by atoms with van der Waals surface area (Å²) in [6.07, 6.45) is -2.41. The Morgan fingerprint density at radius 3 is 2.59 bits per heavy atom. The standard InChI is InChI=1S/C22H23IO6/c1-2-12-25-20-18(24)22(27-16-10-8-15(23)9-11-16)28-17-13-26-21(29-19(17)20)14-6-4-3-5-7-14/h2-11,17-22,24H,1,12-13H2/t17-,18-,19-,20-,21-,22-/m1/s1. The smallest absolute Gasteiger partial charge is 0.229 e. The molecule has 0 amide bonds. The molecule has 0 bridgehead atoms. The van der Waals surface area contributed by atoms with Crippen LogP contribution in [0.5, 0.6) is 5.75 Å². The fourth-order valence-electron chi connectivity index (χ4n) is 3.46. The van der Waals surface area contributed by atoms with Gasteiger partial charge in [-0.15, -0.1) is 6.58 Å². The molecule has 0 aromatic heterocycles. The van der Waals surface area contributed by atoms with Gasteiger partial charge in [0.25, 0.3) is 0 Å². The molecule has 0 unspecified atom stereocenters. The van der Waals surface area contributed by atoms with Crippen LogP contribution in [0.25, 0.3) is 0 Å². The van der Waals surface area contributed by atoms with Crippen molar-refractivity contribution < 1.29 is 28.8 Å². The molecule has 2 heterocycles. The lowest BCUT2D eigenvalue weighted by atomic mass is 9.97. The molecule has 0 spiro atoms. The third-order valence-corrected chi connectivity index (χ3v) is 5.57. The summed E-state index contributed by atoms with van der Waals surface area (Å²) in [4.78, 5) is 0. The van der Waals surface area contributed by atoms with Crippen molar-refractivity contribution in [1.29, 1.82) is 0 Å². The highest BCUT2D eigenvalue weighted by atomic mass is 127. The zero-order valence-electron chi connectivity index (χ0n) is 15.7. The number of aliphatic hydroxyl groups is 1. The van der Waals surface area contributed by atoms with Crippen LogP contribution in [-0.4, -0.2) is 49.0 Å². The van der Waals surface area contributed by atoms with Gasteiger partial charge < -0.3 is 28.8 Å². The minimum atomic E-state index is -1.04. The number of aliphatic hydroxyl groups excluding tert-OH is 1. The van der Waals surface area contributed by atoms with E-state index in [1.165, 1.54) is 0 Å². The van der Waals surface area contributed by atoms with Gasteiger partial charge in [0.15, 0.2) is 6.29 Å². The summed E-state index contributed by atoms with van der Waals surface area (Å²) in [5.41, 5.74) is 0.903. The molecule has 2 aliphatic heterocycles. The van der Waals surface area contributed by atoms with Crippen LogP contribution in [0, 0.1) is 3.57 Å². The molecular formula is C22H23IO6. The molecule has 0 radical (unpaired) electrons. The molecule has 0 saturated carbocycles. The van der Waals surface area contributed by atoms with Gasteiger partial charge in [-0.1, -0.05) is 36.4 Å². The zero-order chi connectivity index (χ0) is 20.2. The van der Waals surface area contributed by atoms with Crippen LogP contribution in [0.15, 0.2) is 67.3 Å². The van der Waals surface area contributed by atoms with Gasteiger partial charge in [0.1, 0.15) is 30.2 Å². The maximum atomic E-state index is 10.9. The van der Waals surface area contributed by atoms with Gasteiger partial charge in [-0.25, -0.2) is 0 Å². The second-order valence-corrected chi connectivity index (χ2v) is 8.11. The average molecular weight is 510 g/mol. The second kappa shape index (κ2) is 9.55. The Balaban J connectivity index is 1.51. The molecule has 6 atom stereocenters. The lowest BCUT2D eigenvalue weighted by Gasteiger charge is -2.47. The predicted molar refractivity (Wildman–Crippen MR) is 114 cm³/mol. The number of ether oxygens (including phenoxy) is 5. The van der Waals surface area contributed by atoms with Crippen LogP contribution in [0.2, 0.25) is 0 Å². The molecule has 2 aromatic carbocycles. The summed E-state index contributed by atoms with van der Waals surface area (Å²) < 4.78 is 30.9. The number of hydrogen-bond donors (Lipinski definition) is 1. The van der Waals surface area contributed by atoms with E-state index in [1.54, 1.807) is 6.08 Å². The van der Waals surface area contributed by atoms with Crippen LogP contribution >= 0.6 is 22.6 Å². The zero-order valence-corrected chi connectivity index (χ0v) is 17.9. The van der Waals surface area contributed by atoms with Crippen LogP contribution in [0.1, 0.15) is 11.9 Å². The lowest BCUT2D eigenvalue weighted by molar-refractivity contribution is -0.354. The van der Waals surface area contributed by atoms with E-state index >= 15 is 0 Å². The van der Waals surface area contributed by atoms with Crippen LogP contribution < -0.4 is 4.74 Å². The van der Waals surface area contributed by atoms with E-state index in [0.717, 1.165) is 9.13 Å². The number of rotatable bonds is 6. The van der Waals surface area contributed by atoms with Crippen molar-refractivity contribution in [3.05, 3.63) is 76.4 Å².